The van der Waals surface area contributed by atoms with E-state index in [1.54, 1.807) is 44.3 Å². The van der Waals surface area contributed by atoms with Gasteiger partial charge in [-0.3, -0.25) is 4.98 Å². The van der Waals surface area contributed by atoms with Gasteiger partial charge in [0.1, 0.15) is 0 Å². The molecule has 0 amide bonds. The normalized spacial score (nSPS) is 13.3. The summed E-state index contributed by atoms with van der Waals surface area (Å²) >= 11 is 5.88. The molecule has 1 heterocycles. The highest BCUT2D eigenvalue weighted by Gasteiger charge is 2.38. The van der Waals surface area contributed by atoms with Crippen LogP contribution in [0.1, 0.15) is 19.5 Å². The Labute approximate surface area is 129 Å². The van der Waals surface area contributed by atoms with Crippen LogP contribution in [0.15, 0.2) is 48.7 Å². The van der Waals surface area contributed by atoms with Gasteiger partial charge in [0.15, 0.2) is 5.54 Å². The van der Waals surface area contributed by atoms with Gasteiger partial charge in [-0.25, -0.2) is 4.79 Å². The second kappa shape index (κ2) is 6.59. The molecule has 1 atom stereocenters. The van der Waals surface area contributed by atoms with Gasteiger partial charge in [0.25, 0.3) is 0 Å². The highest BCUT2D eigenvalue weighted by atomic mass is 35.5. The summed E-state index contributed by atoms with van der Waals surface area (Å²) in [6.45, 7) is 3.84. The van der Waals surface area contributed by atoms with Crippen molar-refractivity contribution in [2.24, 2.45) is 0 Å². The zero-order chi connectivity index (χ0) is 15.3. The fourth-order valence-electron chi connectivity index (χ4n) is 1.98. The summed E-state index contributed by atoms with van der Waals surface area (Å²) in [7, 11) is 0. The Bertz CT molecular complexity index is 601. The number of carbonyl (C=O) groups is 1. The standard InChI is InChI=1S/C16H17ClN2O2/c1-3-21-15(20)16(2,14-6-4-5-11-18-14)19-13-9-7-12(17)8-10-13/h4-11,19H,3H2,1-2H3. The molecule has 0 saturated carbocycles. The lowest BCUT2D eigenvalue weighted by molar-refractivity contribution is -0.148. The highest BCUT2D eigenvalue weighted by Crippen LogP contribution is 2.27. The molecule has 2 aromatic rings. The van der Waals surface area contributed by atoms with Crippen molar-refractivity contribution >= 4 is 23.3 Å². The Balaban J connectivity index is 2.36. The first-order valence-electron chi connectivity index (χ1n) is 6.68. The molecule has 0 saturated heterocycles. The van der Waals surface area contributed by atoms with Gasteiger partial charge < -0.3 is 10.1 Å². The lowest BCUT2D eigenvalue weighted by Gasteiger charge is -2.29. The van der Waals surface area contributed by atoms with E-state index >= 15 is 0 Å². The maximum atomic E-state index is 12.4. The smallest absolute Gasteiger partial charge is 0.337 e. The van der Waals surface area contributed by atoms with Gasteiger partial charge in [-0.05, 0) is 50.2 Å². The number of esters is 1. The topological polar surface area (TPSA) is 51.2 Å². The van der Waals surface area contributed by atoms with E-state index in [1.165, 1.54) is 0 Å². The summed E-state index contributed by atoms with van der Waals surface area (Å²) in [5.41, 5.74) is 0.296. The number of nitrogens with one attached hydrogen (secondary N) is 1. The van der Waals surface area contributed by atoms with Gasteiger partial charge in [-0.1, -0.05) is 17.7 Å². The number of ether oxygens (including phenoxy) is 1. The van der Waals surface area contributed by atoms with E-state index in [1.807, 2.05) is 18.2 Å². The second-order valence-electron chi connectivity index (χ2n) is 4.69. The van der Waals surface area contributed by atoms with Crippen LogP contribution in [0.25, 0.3) is 0 Å². The molecule has 110 valence electrons. The molecule has 0 aliphatic rings. The van der Waals surface area contributed by atoms with Crippen LogP contribution in [0, 0.1) is 0 Å². The van der Waals surface area contributed by atoms with Gasteiger partial charge >= 0.3 is 5.97 Å². The summed E-state index contributed by atoms with van der Waals surface area (Å²) in [4.78, 5) is 16.7. The molecule has 0 spiro atoms. The Morgan fingerprint density at radius 1 is 1.29 bits per heavy atom. The number of aromatic nitrogens is 1. The van der Waals surface area contributed by atoms with Crippen molar-refractivity contribution < 1.29 is 9.53 Å². The van der Waals surface area contributed by atoms with Crippen LogP contribution in [-0.4, -0.2) is 17.6 Å². The second-order valence-corrected chi connectivity index (χ2v) is 5.13. The molecule has 0 aliphatic carbocycles. The van der Waals surface area contributed by atoms with E-state index < -0.39 is 5.54 Å². The van der Waals surface area contributed by atoms with Crippen LogP contribution >= 0.6 is 11.6 Å². The van der Waals surface area contributed by atoms with Crippen molar-refractivity contribution in [2.75, 3.05) is 11.9 Å². The average Bonchev–Trinajstić information content (AvgIpc) is 2.50. The molecule has 1 aromatic heterocycles. The first-order valence-corrected chi connectivity index (χ1v) is 7.06. The summed E-state index contributed by atoms with van der Waals surface area (Å²) in [6.07, 6.45) is 1.65. The van der Waals surface area contributed by atoms with Crippen LogP contribution in [0.3, 0.4) is 0 Å². The van der Waals surface area contributed by atoms with Gasteiger partial charge in [-0.2, -0.15) is 0 Å². The van der Waals surface area contributed by atoms with E-state index in [-0.39, 0.29) is 5.97 Å². The third-order valence-electron chi connectivity index (χ3n) is 3.10. The lowest BCUT2D eigenvalue weighted by atomic mass is 9.96. The molecule has 0 fully saturated rings. The molecular formula is C16H17ClN2O2. The predicted octanol–water partition coefficient (Wildman–Crippen LogP) is 3.63. The SMILES string of the molecule is CCOC(=O)C(C)(Nc1ccc(Cl)cc1)c1ccccn1. The van der Waals surface area contributed by atoms with E-state index in [0.717, 1.165) is 5.69 Å². The van der Waals surface area contributed by atoms with Gasteiger partial charge in [0.05, 0.1) is 12.3 Å². The zero-order valence-electron chi connectivity index (χ0n) is 12.0. The van der Waals surface area contributed by atoms with Crippen molar-refractivity contribution in [3.63, 3.8) is 0 Å². The number of nitrogens with zero attached hydrogens (tertiary/aromatic N) is 1. The van der Waals surface area contributed by atoms with Crippen LogP contribution in [0.2, 0.25) is 5.02 Å². The predicted molar refractivity (Wildman–Crippen MR) is 83.3 cm³/mol. The molecule has 2 rings (SSSR count). The van der Waals surface area contributed by atoms with Crippen LogP contribution in [0.5, 0.6) is 0 Å². The molecule has 5 heteroatoms. The van der Waals surface area contributed by atoms with Gasteiger partial charge in [0.2, 0.25) is 0 Å². The minimum absolute atomic E-state index is 0.309. The van der Waals surface area contributed by atoms with Crippen LogP contribution in [0.4, 0.5) is 5.69 Å². The minimum Gasteiger partial charge on any atom is -0.464 e. The first-order chi connectivity index (χ1) is 10.1. The fourth-order valence-corrected chi connectivity index (χ4v) is 2.10. The zero-order valence-corrected chi connectivity index (χ0v) is 12.7. The monoisotopic (exact) mass is 304 g/mol. The van der Waals surface area contributed by atoms with E-state index in [0.29, 0.717) is 17.3 Å². The van der Waals surface area contributed by atoms with E-state index in [2.05, 4.69) is 10.3 Å². The highest BCUT2D eigenvalue weighted by molar-refractivity contribution is 6.30. The summed E-state index contributed by atoms with van der Waals surface area (Å²) < 4.78 is 5.19. The Morgan fingerprint density at radius 3 is 2.57 bits per heavy atom. The Hall–Kier alpha value is -2.07. The number of carbonyl (C=O) groups excluding carboxylic acids is 1. The molecule has 1 unspecified atom stereocenters. The number of rotatable bonds is 5. The van der Waals surface area contributed by atoms with E-state index in [4.69, 9.17) is 16.3 Å². The maximum absolute atomic E-state index is 12.4. The van der Waals surface area contributed by atoms with Crippen LogP contribution in [-0.2, 0) is 15.1 Å². The third kappa shape index (κ3) is 3.52. The number of halogens is 1. The Morgan fingerprint density at radius 2 is 2.00 bits per heavy atom. The fraction of sp³-hybridized carbons (Fsp3) is 0.250. The molecule has 1 N–H and O–H groups in total. The van der Waals surface area contributed by atoms with Gasteiger partial charge in [-0.15, -0.1) is 0 Å². The van der Waals surface area contributed by atoms with Crippen molar-refractivity contribution in [3.8, 4) is 0 Å². The average molecular weight is 305 g/mol. The molecule has 21 heavy (non-hydrogen) atoms. The summed E-state index contributed by atoms with van der Waals surface area (Å²) in [5, 5.41) is 3.82. The van der Waals surface area contributed by atoms with Crippen molar-refractivity contribution in [3.05, 3.63) is 59.4 Å². The summed E-state index contributed by atoms with van der Waals surface area (Å²) in [6, 6.07) is 12.6. The maximum Gasteiger partial charge on any atom is 0.337 e. The molecule has 0 bridgehead atoms. The summed E-state index contributed by atoms with van der Waals surface area (Å²) in [5.74, 6) is -0.376. The number of hydrogen-bond acceptors (Lipinski definition) is 4. The Kier molecular flexibility index (Phi) is 4.81. The van der Waals surface area contributed by atoms with Crippen molar-refractivity contribution in [2.45, 2.75) is 19.4 Å². The number of hydrogen-bond donors (Lipinski definition) is 1. The number of anilines is 1. The molecule has 4 nitrogen and oxygen atoms in total. The molecule has 0 aliphatic heterocycles. The molecular weight excluding hydrogens is 288 g/mol. The van der Waals surface area contributed by atoms with Crippen LogP contribution < -0.4 is 5.32 Å². The number of pyridine rings is 1. The third-order valence-corrected chi connectivity index (χ3v) is 3.35. The van der Waals surface area contributed by atoms with E-state index in [9.17, 15) is 4.79 Å². The van der Waals surface area contributed by atoms with Gasteiger partial charge in [0, 0.05) is 16.9 Å². The largest absolute Gasteiger partial charge is 0.464 e. The first kappa shape index (κ1) is 15.3. The molecule has 0 radical (unpaired) electrons. The van der Waals surface area contributed by atoms with Crippen molar-refractivity contribution in [1.82, 2.24) is 4.98 Å². The lowest BCUT2D eigenvalue weighted by Crippen LogP contribution is -2.42. The molecule has 1 aromatic carbocycles. The minimum atomic E-state index is -1.06. The quantitative estimate of drug-likeness (QED) is 0.857. The number of benzene rings is 1. The van der Waals surface area contributed by atoms with Crippen molar-refractivity contribution in [1.29, 1.82) is 0 Å².